The van der Waals surface area contributed by atoms with Gasteiger partial charge in [-0.2, -0.15) is 5.26 Å². The SMILES string of the molecule is CCc1ccc2cc(CC3C(C=O)CCC(C)C3C)ccc2c1C#N. The maximum Gasteiger partial charge on any atom is 0.123 e. The van der Waals surface area contributed by atoms with Crippen molar-refractivity contribution in [3.63, 3.8) is 0 Å². The van der Waals surface area contributed by atoms with E-state index in [9.17, 15) is 10.1 Å². The third-order valence-electron chi connectivity index (χ3n) is 6.39. The first-order chi connectivity index (χ1) is 12.1. The van der Waals surface area contributed by atoms with Gasteiger partial charge in [-0.3, -0.25) is 0 Å². The van der Waals surface area contributed by atoms with E-state index in [1.54, 1.807) is 0 Å². The number of aldehydes is 1. The van der Waals surface area contributed by atoms with Crippen LogP contribution in [0.1, 0.15) is 50.3 Å². The number of fused-ring (bicyclic) bond motifs is 1. The second kappa shape index (κ2) is 7.40. The minimum atomic E-state index is 0.180. The molecule has 4 atom stereocenters. The fraction of sp³-hybridized carbons (Fsp3) is 0.478. The molecule has 1 aliphatic rings. The first-order valence-electron chi connectivity index (χ1n) is 9.49. The molecule has 0 heterocycles. The summed E-state index contributed by atoms with van der Waals surface area (Å²) < 4.78 is 0. The first-order valence-corrected chi connectivity index (χ1v) is 9.49. The maximum absolute atomic E-state index is 11.5. The molecule has 1 aliphatic carbocycles. The van der Waals surface area contributed by atoms with Crippen LogP contribution in [0.2, 0.25) is 0 Å². The second-order valence-corrected chi connectivity index (χ2v) is 7.70. The van der Waals surface area contributed by atoms with E-state index >= 15 is 0 Å². The minimum absolute atomic E-state index is 0.180. The average Bonchev–Trinajstić information content (AvgIpc) is 2.64. The largest absolute Gasteiger partial charge is 0.303 e. The van der Waals surface area contributed by atoms with Crippen LogP contribution in [0.25, 0.3) is 10.8 Å². The molecule has 0 amide bonds. The van der Waals surface area contributed by atoms with Gasteiger partial charge < -0.3 is 4.79 Å². The van der Waals surface area contributed by atoms with Crippen molar-refractivity contribution in [1.29, 1.82) is 5.26 Å². The van der Waals surface area contributed by atoms with Crippen LogP contribution in [-0.4, -0.2) is 6.29 Å². The van der Waals surface area contributed by atoms with Crippen LogP contribution in [0.4, 0.5) is 0 Å². The summed E-state index contributed by atoms with van der Waals surface area (Å²) in [6.45, 7) is 6.69. The monoisotopic (exact) mass is 333 g/mol. The quantitative estimate of drug-likeness (QED) is 0.711. The van der Waals surface area contributed by atoms with Gasteiger partial charge in [0.25, 0.3) is 0 Å². The van der Waals surface area contributed by atoms with E-state index in [2.05, 4.69) is 57.2 Å². The lowest BCUT2D eigenvalue weighted by atomic mass is 9.66. The summed E-state index contributed by atoms with van der Waals surface area (Å²) in [5, 5.41) is 11.7. The van der Waals surface area contributed by atoms with Crippen molar-refractivity contribution in [3.05, 3.63) is 47.0 Å². The lowest BCUT2D eigenvalue weighted by molar-refractivity contribution is -0.115. The molecule has 3 rings (SSSR count). The topological polar surface area (TPSA) is 40.9 Å². The van der Waals surface area contributed by atoms with E-state index in [-0.39, 0.29) is 5.92 Å². The molecule has 1 fully saturated rings. The van der Waals surface area contributed by atoms with Crippen LogP contribution < -0.4 is 0 Å². The standard InChI is InChI=1S/C23H27NO/c1-4-18-8-9-19-11-17(6-10-21(19)23(18)13-24)12-22-16(3)15(2)5-7-20(22)14-25/h6,8-11,14-16,20,22H,4-5,7,12H2,1-3H3. The van der Waals surface area contributed by atoms with Crippen LogP contribution in [0.15, 0.2) is 30.3 Å². The van der Waals surface area contributed by atoms with Crippen molar-refractivity contribution < 1.29 is 4.79 Å². The molecule has 1 saturated carbocycles. The average molecular weight is 333 g/mol. The Bertz CT molecular complexity index is 817. The van der Waals surface area contributed by atoms with E-state index in [0.717, 1.165) is 47.6 Å². The number of rotatable bonds is 4. The normalized spacial score (nSPS) is 26.3. The van der Waals surface area contributed by atoms with Gasteiger partial charge >= 0.3 is 0 Å². The predicted molar refractivity (Wildman–Crippen MR) is 102 cm³/mol. The fourth-order valence-corrected chi connectivity index (χ4v) is 4.50. The number of aryl methyl sites for hydroxylation is 1. The maximum atomic E-state index is 11.5. The Balaban J connectivity index is 1.94. The number of carbonyl (C=O) groups is 1. The fourth-order valence-electron chi connectivity index (χ4n) is 4.50. The zero-order valence-corrected chi connectivity index (χ0v) is 15.5. The van der Waals surface area contributed by atoms with Crippen molar-refractivity contribution in [3.8, 4) is 6.07 Å². The molecule has 0 radical (unpaired) electrons. The number of nitriles is 1. The third-order valence-corrected chi connectivity index (χ3v) is 6.39. The van der Waals surface area contributed by atoms with Gasteiger partial charge in [0.1, 0.15) is 12.4 Å². The summed E-state index contributed by atoms with van der Waals surface area (Å²) in [5.74, 6) is 1.85. The van der Waals surface area contributed by atoms with Gasteiger partial charge in [0.05, 0.1) is 5.56 Å². The lowest BCUT2D eigenvalue weighted by Crippen LogP contribution is -2.34. The van der Waals surface area contributed by atoms with Crippen LogP contribution in [0.3, 0.4) is 0 Å². The van der Waals surface area contributed by atoms with Gasteiger partial charge in [-0.25, -0.2) is 0 Å². The third kappa shape index (κ3) is 3.33. The molecule has 0 bridgehead atoms. The number of hydrogen-bond acceptors (Lipinski definition) is 2. The highest BCUT2D eigenvalue weighted by Gasteiger charge is 2.34. The summed E-state index contributed by atoms with van der Waals surface area (Å²) in [5.41, 5.74) is 3.19. The van der Waals surface area contributed by atoms with Gasteiger partial charge in [-0.05, 0) is 65.3 Å². The molecule has 2 aromatic carbocycles. The highest BCUT2D eigenvalue weighted by Crippen LogP contribution is 2.39. The molecular weight excluding hydrogens is 306 g/mol. The van der Waals surface area contributed by atoms with Crippen LogP contribution in [-0.2, 0) is 17.6 Å². The Morgan fingerprint density at radius 1 is 1.20 bits per heavy atom. The minimum Gasteiger partial charge on any atom is -0.303 e. The zero-order chi connectivity index (χ0) is 18.0. The highest BCUT2D eigenvalue weighted by atomic mass is 16.1. The van der Waals surface area contributed by atoms with Gasteiger partial charge in [0.15, 0.2) is 0 Å². The van der Waals surface area contributed by atoms with E-state index in [1.807, 2.05) is 0 Å². The van der Waals surface area contributed by atoms with E-state index < -0.39 is 0 Å². The Labute approximate surface area is 150 Å². The molecule has 4 unspecified atom stereocenters. The molecule has 2 heteroatoms. The summed E-state index contributed by atoms with van der Waals surface area (Å²) in [6.07, 6.45) is 5.17. The lowest BCUT2D eigenvalue weighted by Gasteiger charge is -2.38. The molecular formula is C23H27NO. The predicted octanol–water partition coefficient (Wildman–Crippen LogP) is 5.31. The number of nitrogens with zero attached hydrogens (tertiary/aromatic N) is 1. The number of carbonyl (C=O) groups excluding carboxylic acids is 1. The second-order valence-electron chi connectivity index (χ2n) is 7.70. The summed E-state index contributed by atoms with van der Waals surface area (Å²) in [7, 11) is 0. The zero-order valence-electron chi connectivity index (χ0n) is 15.5. The van der Waals surface area contributed by atoms with Crippen LogP contribution >= 0.6 is 0 Å². The summed E-state index contributed by atoms with van der Waals surface area (Å²) in [6, 6.07) is 13.0. The first kappa shape index (κ1) is 17.7. The van der Waals surface area contributed by atoms with E-state index in [4.69, 9.17) is 0 Å². The van der Waals surface area contributed by atoms with E-state index in [1.165, 1.54) is 11.8 Å². The Morgan fingerprint density at radius 3 is 2.68 bits per heavy atom. The van der Waals surface area contributed by atoms with Crippen LogP contribution in [0, 0.1) is 35.0 Å². The number of hydrogen-bond donors (Lipinski definition) is 0. The molecule has 0 N–H and O–H groups in total. The van der Waals surface area contributed by atoms with Gasteiger partial charge in [-0.1, -0.05) is 51.1 Å². The van der Waals surface area contributed by atoms with Crippen molar-refractivity contribution >= 4 is 17.1 Å². The Morgan fingerprint density at radius 2 is 2.00 bits per heavy atom. The Kier molecular flexibility index (Phi) is 5.23. The molecule has 0 aromatic heterocycles. The molecule has 2 nitrogen and oxygen atoms in total. The van der Waals surface area contributed by atoms with Gasteiger partial charge in [-0.15, -0.1) is 0 Å². The van der Waals surface area contributed by atoms with Gasteiger partial charge in [0, 0.05) is 5.92 Å². The molecule has 130 valence electrons. The van der Waals surface area contributed by atoms with Gasteiger partial charge in [0.2, 0.25) is 0 Å². The van der Waals surface area contributed by atoms with Crippen molar-refractivity contribution in [2.45, 2.75) is 46.5 Å². The van der Waals surface area contributed by atoms with Crippen molar-refractivity contribution in [2.75, 3.05) is 0 Å². The Hall–Kier alpha value is -2.14. The molecule has 25 heavy (non-hydrogen) atoms. The summed E-state index contributed by atoms with van der Waals surface area (Å²) >= 11 is 0. The van der Waals surface area contributed by atoms with Crippen molar-refractivity contribution in [1.82, 2.24) is 0 Å². The van der Waals surface area contributed by atoms with Crippen LogP contribution in [0.5, 0.6) is 0 Å². The smallest absolute Gasteiger partial charge is 0.123 e. The van der Waals surface area contributed by atoms with Crippen molar-refractivity contribution in [2.24, 2.45) is 23.7 Å². The molecule has 0 aliphatic heterocycles. The van der Waals surface area contributed by atoms with E-state index in [0.29, 0.717) is 17.8 Å². The molecule has 2 aromatic rings. The molecule has 0 saturated heterocycles. The number of benzene rings is 2. The highest BCUT2D eigenvalue weighted by molar-refractivity contribution is 5.89. The molecule has 0 spiro atoms. The summed E-state index contributed by atoms with van der Waals surface area (Å²) in [4.78, 5) is 11.5.